The smallest absolute Gasteiger partial charge is 0.129 e. The number of halogens is 1. The van der Waals surface area contributed by atoms with Gasteiger partial charge in [-0.1, -0.05) is 11.6 Å². The Balaban J connectivity index is 1.79. The molecule has 20 heavy (non-hydrogen) atoms. The van der Waals surface area contributed by atoms with Crippen molar-refractivity contribution in [2.75, 3.05) is 11.9 Å². The zero-order valence-corrected chi connectivity index (χ0v) is 12.0. The van der Waals surface area contributed by atoms with Crippen molar-refractivity contribution in [3.8, 4) is 0 Å². The molecule has 0 spiro atoms. The van der Waals surface area contributed by atoms with E-state index in [2.05, 4.69) is 19.2 Å². The molecule has 0 atom stereocenters. The van der Waals surface area contributed by atoms with E-state index in [0.29, 0.717) is 18.1 Å². The Labute approximate surface area is 124 Å². The number of fused-ring (bicyclic) bond motifs is 1. The molecular weight excluding hydrogens is 298 g/mol. The van der Waals surface area contributed by atoms with E-state index in [1.165, 1.54) is 11.7 Å². The molecular formula is C12H12ClN5OS. The van der Waals surface area contributed by atoms with Gasteiger partial charge in [-0.2, -0.15) is 13.8 Å². The van der Waals surface area contributed by atoms with Gasteiger partial charge in [0.25, 0.3) is 0 Å². The van der Waals surface area contributed by atoms with Crippen LogP contribution in [0.15, 0.2) is 24.5 Å². The highest BCUT2D eigenvalue weighted by Gasteiger charge is 2.10. The van der Waals surface area contributed by atoms with Crippen LogP contribution >= 0.6 is 23.3 Å². The van der Waals surface area contributed by atoms with Crippen LogP contribution in [0.25, 0.3) is 11.0 Å². The van der Waals surface area contributed by atoms with E-state index >= 15 is 0 Å². The number of nitrogens with zero attached hydrogens (tertiary/aromatic N) is 4. The quantitative estimate of drug-likeness (QED) is 0.755. The standard InChI is InChI=1S/C12H12ClN5OS/c13-9-1-2-10-12(17-20-16-10)11(9)14-5-8-6-15-18(7-8)3-4-19/h1-2,6-7,14,19H,3-5H2. The van der Waals surface area contributed by atoms with Crippen molar-refractivity contribution in [3.05, 3.63) is 35.1 Å². The summed E-state index contributed by atoms with van der Waals surface area (Å²) in [7, 11) is 0. The van der Waals surface area contributed by atoms with Gasteiger partial charge in [-0.25, -0.2) is 0 Å². The third-order valence-electron chi connectivity index (χ3n) is 2.86. The molecule has 0 saturated heterocycles. The molecule has 8 heteroatoms. The minimum absolute atomic E-state index is 0.0736. The summed E-state index contributed by atoms with van der Waals surface area (Å²) in [5, 5.41) is 16.9. The number of aliphatic hydroxyl groups is 1. The second-order valence-corrected chi connectivity index (χ2v) is 5.18. The molecule has 3 rings (SSSR count). The summed E-state index contributed by atoms with van der Waals surface area (Å²) < 4.78 is 10.1. The number of benzene rings is 1. The minimum atomic E-state index is 0.0736. The molecule has 6 nitrogen and oxygen atoms in total. The summed E-state index contributed by atoms with van der Waals surface area (Å²) in [6.45, 7) is 1.15. The Morgan fingerprint density at radius 3 is 3.10 bits per heavy atom. The van der Waals surface area contributed by atoms with Crippen LogP contribution in [0, 0.1) is 0 Å². The predicted octanol–water partition coefficient (Wildman–Crippen LogP) is 2.15. The van der Waals surface area contributed by atoms with Crippen molar-refractivity contribution in [3.63, 3.8) is 0 Å². The van der Waals surface area contributed by atoms with Gasteiger partial charge in [0.1, 0.15) is 11.0 Å². The monoisotopic (exact) mass is 309 g/mol. The third kappa shape index (κ3) is 2.60. The summed E-state index contributed by atoms with van der Waals surface area (Å²) in [5.41, 5.74) is 3.41. The van der Waals surface area contributed by atoms with Crippen LogP contribution in [0.1, 0.15) is 5.56 Å². The van der Waals surface area contributed by atoms with Crippen LogP contribution in [0.4, 0.5) is 5.69 Å². The summed E-state index contributed by atoms with van der Waals surface area (Å²) in [5.74, 6) is 0. The SMILES string of the molecule is OCCn1cc(CNc2c(Cl)ccc3nsnc23)cn1. The fourth-order valence-electron chi connectivity index (χ4n) is 1.91. The molecule has 0 fully saturated rings. The minimum Gasteiger partial charge on any atom is -0.394 e. The van der Waals surface area contributed by atoms with E-state index in [0.717, 1.165) is 22.3 Å². The maximum absolute atomic E-state index is 8.86. The van der Waals surface area contributed by atoms with E-state index in [4.69, 9.17) is 16.7 Å². The second kappa shape index (κ2) is 5.74. The lowest BCUT2D eigenvalue weighted by Crippen LogP contribution is -2.02. The van der Waals surface area contributed by atoms with Gasteiger partial charge in [0.15, 0.2) is 0 Å². The van der Waals surface area contributed by atoms with E-state index in [9.17, 15) is 0 Å². The Bertz CT molecular complexity index is 726. The van der Waals surface area contributed by atoms with Crippen LogP contribution in [0.3, 0.4) is 0 Å². The van der Waals surface area contributed by atoms with Crippen molar-refractivity contribution >= 4 is 40.0 Å². The van der Waals surface area contributed by atoms with Crippen molar-refractivity contribution < 1.29 is 5.11 Å². The van der Waals surface area contributed by atoms with Crippen molar-refractivity contribution in [2.24, 2.45) is 0 Å². The molecule has 3 aromatic rings. The van der Waals surface area contributed by atoms with Crippen molar-refractivity contribution in [2.45, 2.75) is 13.1 Å². The average molecular weight is 310 g/mol. The molecule has 0 saturated carbocycles. The van der Waals surface area contributed by atoms with Crippen LogP contribution in [-0.4, -0.2) is 30.2 Å². The normalized spacial score (nSPS) is 11.1. The summed E-state index contributed by atoms with van der Waals surface area (Å²) in [6, 6.07) is 3.66. The van der Waals surface area contributed by atoms with Crippen molar-refractivity contribution in [1.82, 2.24) is 18.5 Å². The van der Waals surface area contributed by atoms with Crippen LogP contribution < -0.4 is 5.32 Å². The van der Waals surface area contributed by atoms with E-state index in [1.54, 1.807) is 10.9 Å². The lowest BCUT2D eigenvalue weighted by Gasteiger charge is -2.07. The maximum atomic E-state index is 8.86. The molecule has 0 radical (unpaired) electrons. The summed E-state index contributed by atoms with van der Waals surface area (Å²) in [4.78, 5) is 0. The molecule has 2 heterocycles. The van der Waals surface area contributed by atoms with Gasteiger partial charge >= 0.3 is 0 Å². The molecule has 0 amide bonds. The number of rotatable bonds is 5. The molecule has 0 aliphatic heterocycles. The third-order valence-corrected chi connectivity index (χ3v) is 3.72. The second-order valence-electron chi connectivity index (χ2n) is 4.24. The van der Waals surface area contributed by atoms with E-state index < -0.39 is 0 Å². The number of hydrogen-bond donors (Lipinski definition) is 2. The molecule has 1 aromatic carbocycles. The maximum Gasteiger partial charge on any atom is 0.129 e. The average Bonchev–Trinajstić information content (AvgIpc) is 3.07. The zero-order valence-electron chi connectivity index (χ0n) is 10.5. The largest absolute Gasteiger partial charge is 0.394 e. The predicted molar refractivity (Wildman–Crippen MR) is 79.1 cm³/mol. The lowest BCUT2D eigenvalue weighted by molar-refractivity contribution is 0.269. The molecule has 0 unspecified atom stereocenters. The highest BCUT2D eigenvalue weighted by molar-refractivity contribution is 7.00. The highest BCUT2D eigenvalue weighted by atomic mass is 35.5. The van der Waals surface area contributed by atoms with E-state index in [-0.39, 0.29) is 6.61 Å². The van der Waals surface area contributed by atoms with Crippen LogP contribution in [-0.2, 0) is 13.1 Å². The number of nitrogens with one attached hydrogen (secondary N) is 1. The number of aromatic nitrogens is 4. The first-order valence-electron chi connectivity index (χ1n) is 6.05. The van der Waals surface area contributed by atoms with Crippen LogP contribution in [0.2, 0.25) is 5.02 Å². The fraction of sp³-hybridized carbons (Fsp3) is 0.250. The molecule has 0 bridgehead atoms. The van der Waals surface area contributed by atoms with Gasteiger partial charge in [-0.05, 0) is 12.1 Å². The molecule has 0 aliphatic carbocycles. The summed E-state index contributed by atoms with van der Waals surface area (Å²) in [6.07, 6.45) is 3.65. The number of anilines is 1. The van der Waals surface area contributed by atoms with Crippen molar-refractivity contribution in [1.29, 1.82) is 0 Å². The van der Waals surface area contributed by atoms with E-state index in [1.807, 2.05) is 18.3 Å². The highest BCUT2D eigenvalue weighted by Crippen LogP contribution is 2.30. The number of hydrogen-bond acceptors (Lipinski definition) is 6. The molecule has 2 aromatic heterocycles. The Morgan fingerprint density at radius 2 is 2.25 bits per heavy atom. The topological polar surface area (TPSA) is 75.9 Å². The molecule has 104 valence electrons. The molecule has 0 aliphatic rings. The summed E-state index contributed by atoms with van der Waals surface area (Å²) >= 11 is 7.37. The first-order chi connectivity index (χ1) is 9.78. The first kappa shape index (κ1) is 13.3. The van der Waals surface area contributed by atoms with Gasteiger partial charge in [-0.15, -0.1) is 0 Å². The first-order valence-corrected chi connectivity index (χ1v) is 7.15. The fourth-order valence-corrected chi connectivity index (χ4v) is 2.67. The Kier molecular flexibility index (Phi) is 3.81. The van der Waals surface area contributed by atoms with Crippen LogP contribution in [0.5, 0.6) is 0 Å². The lowest BCUT2D eigenvalue weighted by atomic mass is 10.2. The Morgan fingerprint density at radius 1 is 1.35 bits per heavy atom. The Hall–Kier alpha value is -1.70. The zero-order chi connectivity index (χ0) is 13.9. The molecule has 2 N–H and O–H groups in total. The van der Waals surface area contributed by atoms with Gasteiger partial charge in [0.05, 0.1) is 41.8 Å². The van der Waals surface area contributed by atoms with Gasteiger partial charge in [-0.3, -0.25) is 4.68 Å². The van der Waals surface area contributed by atoms with Gasteiger partial charge < -0.3 is 10.4 Å². The number of aliphatic hydroxyl groups excluding tert-OH is 1. The van der Waals surface area contributed by atoms with Gasteiger partial charge in [0, 0.05) is 18.3 Å². The van der Waals surface area contributed by atoms with Gasteiger partial charge in [0.2, 0.25) is 0 Å².